The van der Waals surface area contributed by atoms with Crippen LogP contribution in [-0.4, -0.2) is 13.5 Å². The summed E-state index contributed by atoms with van der Waals surface area (Å²) in [6, 6.07) is 4.15. The topological polar surface area (TPSA) is 80.4 Å². The number of phenolic OH excluding ortho intramolecular Hbond substituents is 1. The number of aromatic hydroxyl groups is 1. The van der Waals surface area contributed by atoms with E-state index in [1.165, 1.54) is 12.1 Å². The highest BCUT2D eigenvalue weighted by Gasteiger charge is 2.19. The van der Waals surface area contributed by atoms with Crippen molar-refractivity contribution in [2.45, 2.75) is 31.1 Å². The molecule has 1 rings (SSSR count). The summed E-state index contributed by atoms with van der Waals surface area (Å²) in [4.78, 5) is -0.0759. The zero-order valence-electron chi connectivity index (χ0n) is 8.98. The quantitative estimate of drug-likeness (QED) is 0.762. The highest BCUT2D eigenvalue weighted by Crippen LogP contribution is 2.31. The second-order valence-corrected chi connectivity index (χ2v) is 6.04. The summed E-state index contributed by atoms with van der Waals surface area (Å²) in [5.74, 6) is -0.0472. The Morgan fingerprint density at radius 1 is 1.27 bits per heavy atom. The van der Waals surface area contributed by atoms with Crippen molar-refractivity contribution in [3.05, 3.63) is 23.8 Å². The SMILES string of the molecule is CC(C)(C)c1ccc(S(N)(=O)=O)cc1O. The largest absolute Gasteiger partial charge is 0.508 e. The lowest BCUT2D eigenvalue weighted by atomic mass is 9.86. The van der Waals surface area contributed by atoms with Crippen LogP contribution in [0.15, 0.2) is 23.1 Å². The van der Waals surface area contributed by atoms with Gasteiger partial charge < -0.3 is 5.11 Å². The van der Waals surface area contributed by atoms with Crippen LogP contribution >= 0.6 is 0 Å². The van der Waals surface area contributed by atoms with Crippen LogP contribution in [0.2, 0.25) is 0 Å². The van der Waals surface area contributed by atoms with Gasteiger partial charge >= 0.3 is 0 Å². The molecular formula is C10H15NO3S. The Balaban J connectivity index is 3.34. The molecule has 0 amide bonds. The van der Waals surface area contributed by atoms with Crippen molar-refractivity contribution in [1.29, 1.82) is 0 Å². The Bertz CT molecular complexity index is 472. The van der Waals surface area contributed by atoms with Gasteiger partial charge in [0, 0.05) is 6.07 Å². The van der Waals surface area contributed by atoms with E-state index in [4.69, 9.17) is 5.14 Å². The molecule has 0 aromatic heterocycles. The van der Waals surface area contributed by atoms with E-state index in [0.717, 1.165) is 0 Å². The number of hydrogen-bond donors (Lipinski definition) is 2. The van der Waals surface area contributed by atoms with Gasteiger partial charge in [0.05, 0.1) is 4.90 Å². The zero-order chi connectivity index (χ0) is 11.9. The van der Waals surface area contributed by atoms with E-state index in [-0.39, 0.29) is 16.1 Å². The van der Waals surface area contributed by atoms with E-state index in [2.05, 4.69) is 0 Å². The molecule has 84 valence electrons. The van der Waals surface area contributed by atoms with Gasteiger partial charge in [-0.3, -0.25) is 0 Å². The van der Waals surface area contributed by atoms with E-state index in [9.17, 15) is 13.5 Å². The Hall–Kier alpha value is -1.07. The van der Waals surface area contributed by atoms with Gasteiger partial charge in [-0.1, -0.05) is 26.8 Å². The van der Waals surface area contributed by atoms with Crippen molar-refractivity contribution >= 4 is 10.0 Å². The highest BCUT2D eigenvalue weighted by atomic mass is 32.2. The van der Waals surface area contributed by atoms with E-state index in [0.29, 0.717) is 5.56 Å². The minimum Gasteiger partial charge on any atom is -0.508 e. The first-order valence-electron chi connectivity index (χ1n) is 4.48. The maximum absolute atomic E-state index is 11.0. The highest BCUT2D eigenvalue weighted by molar-refractivity contribution is 7.89. The molecule has 4 nitrogen and oxygen atoms in total. The first kappa shape index (κ1) is 12.0. The molecule has 0 heterocycles. The van der Waals surface area contributed by atoms with Crippen LogP contribution in [0, 0.1) is 0 Å². The Morgan fingerprint density at radius 2 is 1.80 bits per heavy atom. The second kappa shape index (κ2) is 3.50. The number of sulfonamides is 1. The molecule has 0 aliphatic carbocycles. The molecule has 5 heteroatoms. The molecule has 0 atom stereocenters. The van der Waals surface area contributed by atoms with E-state index in [1.807, 2.05) is 20.8 Å². The van der Waals surface area contributed by atoms with Crippen molar-refractivity contribution in [3.8, 4) is 5.75 Å². The molecule has 3 N–H and O–H groups in total. The van der Waals surface area contributed by atoms with Gasteiger partial charge in [0.2, 0.25) is 10.0 Å². The molecule has 0 saturated heterocycles. The van der Waals surface area contributed by atoms with Gasteiger partial charge in [0.25, 0.3) is 0 Å². The van der Waals surface area contributed by atoms with Crippen LogP contribution < -0.4 is 5.14 Å². The summed E-state index contributed by atoms with van der Waals surface area (Å²) in [7, 11) is -3.75. The van der Waals surface area contributed by atoms with Crippen molar-refractivity contribution in [3.63, 3.8) is 0 Å². The third-order valence-electron chi connectivity index (χ3n) is 2.11. The summed E-state index contributed by atoms with van der Waals surface area (Å²) in [5.41, 5.74) is 0.455. The molecular weight excluding hydrogens is 214 g/mol. The zero-order valence-corrected chi connectivity index (χ0v) is 9.80. The van der Waals surface area contributed by atoms with Gasteiger partial charge in [-0.2, -0.15) is 0 Å². The number of nitrogens with two attached hydrogens (primary N) is 1. The second-order valence-electron chi connectivity index (χ2n) is 4.47. The fraction of sp³-hybridized carbons (Fsp3) is 0.400. The van der Waals surface area contributed by atoms with Crippen LogP contribution in [0.3, 0.4) is 0 Å². The van der Waals surface area contributed by atoms with Crippen molar-refractivity contribution < 1.29 is 13.5 Å². The van der Waals surface area contributed by atoms with E-state index >= 15 is 0 Å². The lowest BCUT2D eigenvalue weighted by Crippen LogP contribution is -2.14. The summed E-state index contributed by atoms with van der Waals surface area (Å²) in [6.45, 7) is 5.79. The third-order valence-corrected chi connectivity index (χ3v) is 3.02. The number of benzene rings is 1. The molecule has 0 aliphatic heterocycles. The van der Waals surface area contributed by atoms with Gasteiger partial charge in [0.1, 0.15) is 5.75 Å². The van der Waals surface area contributed by atoms with E-state index < -0.39 is 10.0 Å². The molecule has 0 unspecified atom stereocenters. The van der Waals surface area contributed by atoms with Gasteiger partial charge in [-0.25, -0.2) is 13.6 Å². The van der Waals surface area contributed by atoms with Crippen LogP contribution in [0.1, 0.15) is 26.3 Å². The lowest BCUT2D eigenvalue weighted by molar-refractivity contribution is 0.444. The molecule has 0 saturated carbocycles. The minimum absolute atomic E-state index is 0.0472. The molecule has 0 bridgehead atoms. The first-order valence-corrected chi connectivity index (χ1v) is 6.03. The normalized spacial score (nSPS) is 12.8. The van der Waals surface area contributed by atoms with Crippen LogP contribution in [0.4, 0.5) is 0 Å². The lowest BCUT2D eigenvalue weighted by Gasteiger charge is -2.20. The van der Waals surface area contributed by atoms with Crippen LogP contribution in [0.5, 0.6) is 5.75 Å². The first-order chi connectivity index (χ1) is 6.62. The van der Waals surface area contributed by atoms with Crippen molar-refractivity contribution in [2.24, 2.45) is 5.14 Å². The summed E-state index contributed by atoms with van der Waals surface area (Å²) in [5, 5.41) is 14.6. The summed E-state index contributed by atoms with van der Waals surface area (Å²) < 4.78 is 22.0. The average Bonchev–Trinajstić information content (AvgIpc) is 1.99. The standard InChI is InChI=1S/C10H15NO3S/c1-10(2,3)8-5-4-7(6-9(8)12)15(11,13)14/h4-6,12H,1-3H3,(H2,11,13,14). The smallest absolute Gasteiger partial charge is 0.238 e. The number of hydrogen-bond acceptors (Lipinski definition) is 3. The fourth-order valence-electron chi connectivity index (χ4n) is 1.32. The number of phenols is 1. The molecule has 0 aliphatic rings. The van der Waals surface area contributed by atoms with Crippen molar-refractivity contribution in [2.75, 3.05) is 0 Å². The van der Waals surface area contributed by atoms with Crippen molar-refractivity contribution in [1.82, 2.24) is 0 Å². The number of rotatable bonds is 1. The van der Waals surface area contributed by atoms with Crippen LogP contribution in [-0.2, 0) is 15.4 Å². The van der Waals surface area contributed by atoms with Gasteiger partial charge in [-0.05, 0) is 17.0 Å². The molecule has 0 spiro atoms. The Morgan fingerprint density at radius 3 is 2.13 bits per heavy atom. The van der Waals surface area contributed by atoms with Gasteiger partial charge in [0.15, 0.2) is 0 Å². The molecule has 1 aromatic carbocycles. The Kier molecular flexibility index (Phi) is 2.80. The van der Waals surface area contributed by atoms with Gasteiger partial charge in [-0.15, -0.1) is 0 Å². The molecule has 0 radical (unpaired) electrons. The maximum atomic E-state index is 11.0. The summed E-state index contributed by atoms with van der Waals surface area (Å²) >= 11 is 0. The maximum Gasteiger partial charge on any atom is 0.238 e. The third kappa shape index (κ3) is 2.70. The molecule has 1 aromatic rings. The summed E-state index contributed by atoms with van der Waals surface area (Å²) in [6.07, 6.45) is 0. The predicted molar refractivity (Wildman–Crippen MR) is 58.2 cm³/mol. The number of primary sulfonamides is 1. The Labute approximate surface area is 89.8 Å². The monoisotopic (exact) mass is 229 g/mol. The molecule has 0 fully saturated rings. The average molecular weight is 229 g/mol. The predicted octanol–water partition coefficient (Wildman–Crippen LogP) is 1.34. The van der Waals surface area contributed by atoms with E-state index in [1.54, 1.807) is 6.07 Å². The van der Waals surface area contributed by atoms with Crippen LogP contribution in [0.25, 0.3) is 0 Å². The fourth-order valence-corrected chi connectivity index (χ4v) is 1.86. The molecule has 15 heavy (non-hydrogen) atoms. The minimum atomic E-state index is -3.75.